The fourth-order valence-corrected chi connectivity index (χ4v) is 3.61. The van der Waals surface area contributed by atoms with E-state index in [1.807, 2.05) is 0 Å². The molecular formula is C12H12BrN3O2S. The molecular weight excluding hydrogens is 330 g/mol. The van der Waals surface area contributed by atoms with Gasteiger partial charge in [-0.15, -0.1) is 0 Å². The number of hydrogen-bond acceptors (Lipinski definition) is 4. The van der Waals surface area contributed by atoms with E-state index >= 15 is 0 Å². The van der Waals surface area contributed by atoms with Crippen molar-refractivity contribution in [1.29, 1.82) is 0 Å². The average molecular weight is 342 g/mol. The molecule has 1 aromatic carbocycles. The lowest BCUT2D eigenvalue weighted by Gasteiger charge is -2.12. The molecule has 0 spiro atoms. The molecule has 0 fully saturated rings. The topological polar surface area (TPSA) is 85.1 Å². The fourth-order valence-electron chi connectivity index (χ4n) is 1.70. The Morgan fingerprint density at radius 3 is 2.63 bits per heavy atom. The van der Waals surface area contributed by atoms with Crippen molar-refractivity contribution in [2.24, 2.45) is 0 Å². The molecule has 0 amide bonds. The van der Waals surface area contributed by atoms with Crippen molar-refractivity contribution in [1.82, 2.24) is 4.98 Å². The Labute approximate surface area is 120 Å². The van der Waals surface area contributed by atoms with Crippen LogP contribution in [0.1, 0.15) is 5.56 Å². The number of hydrogen-bond donors (Lipinski definition) is 2. The van der Waals surface area contributed by atoms with Crippen LogP contribution in [-0.2, 0) is 10.0 Å². The van der Waals surface area contributed by atoms with E-state index in [0.717, 1.165) is 0 Å². The first kappa shape index (κ1) is 13.8. The number of pyridine rings is 1. The van der Waals surface area contributed by atoms with Crippen molar-refractivity contribution >= 4 is 37.3 Å². The first-order chi connectivity index (χ1) is 8.92. The number of sulfonamides is 1. The zero-order valence-electron chi connectivity index (χ0n) is 10.1. The van der Waals surface area contributed by atoms with Crippen LogP contribution in [0.3, 0.4) is 0 Å². The summed E-state index contributed by atoms with van der Waals surface area (Å²) < 4.78 is 27.6. The summed E-state index contributed by atoms with van der Waals surface area (Å²) >= 11 is 3.19. The van der Waals surface area contributed by atoms with E-state index in [0.29, 0.717) is 15.9 Å². The summed E-state index contributed by atoms with van der Waals surface area (Å²) in [6, 6.07) is 8.22. The summed E-state index contributed by atoms with van der Waals surface area (Å²) in [7, 11) is -3.74. The van der Waals surface area contributed by atoms with Crippen molar-refractivity contribution in [2.75, 3.05) is 10.5 Å². The molecule has 1 heterocycles. The Balaban J connectivity index is 2.47. The maximum atomic E-state index is 12.4. The molecule has 0 radical (unpaired) electrons. The zero-order chi connectivity index (χ0) is 14.0. The average Bonchev–Trinajstić information content (AvgIpc) is 2.31. The number of aromatic nitrogens is 1. The highest BCUT2D eigenvalue weighted by molar-refractivity contribution is 9.10. The fraction of sp³-hybridized carbons (Fsp3) is 0.0833. The number of halogens is 1. The van der Waals surface area contributed by atoms with Gasteiger partial charge in [0.05, 0.1) is 11.4 Å². The Bertz CT molecular complexity index is 696. The van der Waals surface area contributed by atoms with E-state index < -0.39 is 10.0 Å². The second kappa shape index (κ2) is 5.18. The molecule has 0 aliphatic carbocycles. The minimum absolute atomic E-state index is 0.0887. The number of benzene rings is 1. The van der Waals surface area contributed by atoms with Gasteiger partial charge in [0.25, 0.3) is 10.0 Å². The molecule has 100 valence electrons. The van der Waals surface area contributed by atoms with Crippen molar-refractivity contribution in [3.8, 4) is 0 Å². The van der Waals surface area contributed by atoms with Crippen LogP contribution >= 0.6 is 15.9 Å². The lowest BCUT2D eigenvalue weighted by atomic mass is 10.2. The smallest absolute Gasteiger partial charge is 0.264 e. The number of anilines is 2. The maximum Gasteiger partial charge on any atom is 0.264 e. The quantitative estimate of drug-likeness (QED) is 0.663. The van der Waals surface area contributed by atoms with Crippen molar-refractivity contribution in [2.45, 2.75) is 11.8 Å². The predicted octanol–water partition coefficient (Wildman–Crippen LogP) is 2.54. The molecule has 2 aromatic rings. The monoisotopic (exact) mass is 341 g/mol. The molecule has 3 N–H and O–H groups in total. The third-order valence-electron chi connectivity index (χ3n) is 2.51. The Hall–Kier alpha value is -1.60. The van der Waals surface area contributed by atoms with E-state index in [1.165, 1.54) is 0 Å². The van der Waals surface area contributed by atoms with Crippen LogP contribution in [0, 0.1) is 6.92 Å². The summed E-state index contributed by atoms with van der Waals surface area (Å²) in [5, 5.41) is 0. The van der Waals surface area contributed by atoms with Gasteiger partial charge in [0.1, 0.15) is 9.50 Å². The van der Waals surface area contributed by atoms with Gasteiger partial charge in [-0.3, -0.25) is 4.72 Å². The summed E-state index contributed by atoms with van der Waals surface area (Å²) in [5.41, 5.74) is 6.92. The summed E-state index contributed by atoms with van der Waals surface area (Å²) in [5.74, 6) is 0. The SMILES string of the molecule is Cc1cccc(N)c1S(=O)(=O)Nc1cccnc1Br. The molecule has 7 heteroatoms. The molecule has 0 saturated carbocycles. The molecule has 0 saturated heterocycles. The molecule has 5 nitrogen and oxygen atoms in total. The van der Waals surface area contributed by atoms with Crippen LogP contribution in [0.2, 0.25) is 0 Å². The van der Waals surface area contributed by atoms with E-state index in [-0.39, 0.29) is 10.6 Å². The number of rotatable bonds is 3. The van der Waals surface area contributed by atoms with E-state index in [2.05, 4.69) is 25.6 Å². The first-order valence-electron chi connectivity index (χ1n) is 5.40. The number of nitrogens with one attached hydrogen (secondary N) is 1. The Morgan fingerprint density at radius 2 is 2.00 bits per heavy atom. The standard InChI is InChI=1S/C12H12BrN3O2S/c1-8-4-2-5-9(14)11(8)19(17,18)16-10-6-3-7-15-12(10)13/h2-7,16H,14H2,1H3. The third kappa shape index (κ3) is 2.87. The highest BCUT2D eigenvalue weighted by Gasteiger charge is 2.20. The lowest BCUT2D eigenvalue weighted by molar-refractivity contribution is 0.601. The summed E-state index contributed by atoms with van der Waals surface area (Å²) in [6.07, 6.45) is 1.56. The van der Waals surface area contributed by atoms with Crippen molar-refractivity contribution in [3.63, 3.8) is 0 Å². The number of nitrogens with zero attached hydrogens (tertiary/aromatic N) is 1. The Morgan fingerprint density at radius 1 is 1.26 bits per heavy atom. The van der Waals surface area contributed by atoms with Crippen LogP contribution in [0.15, 0.2) is 46.0 Å². The largest absolute Gasteiger partial charge is 0.398 e. The van der Waals surface area contributed by atoms with Gasteiger partial charge in [0.15, 0.2) is 0 Å². The molecule has 0 atom stereocenters. The van der Waals surface area contributed by atoms with Crippen LogP contribution in [-0.4, -0.2) is 13.4 Å². The third-order valence-corrected chi connectivity index (χ3v) is 4.73. The van der Waals surface area contributed by atoms with Crippen molar-refractivity contribution < 1.29 is 8.42 Å². The lowest BCUT2D eigenvalue weighted by Crippen LogP contribution is -2.16. The van der Waals surface area contributed by atoms with Gasteiger partial charge in [-0.05, 0) is 46.6 Å². The van der Waals surface area contributed by atoms with Gasteiger partial charge in [-0.25, -0.2) is 13.4 Å². The second-order valence-corrected chi connectivity index (χ2v) is 6.31. The molecule has 0 aliphatic rings. The molecule has 2 rings (SSSR count). The highest BCUT2D eigenvalue weighted by atomic mass is 79.9. The number of aryl methyl sites for hydroxylation is 1. The summed E-state index contributed by atoms with van der Waals surface area (Å²) in [6.45, 7) is 1.70. The van der Waals surface area contributed by atoms with Crippen molar-refractivity contribution in [3.05, 3.63) is 46.7 Å². The second-order valence-electron chi connectivity index (χ2n) is 3.94. The van der Waals surface area contributed by atoms with E-state index in [9.17, 15) is 8.42 Å². The van der Waals surface area contributed by atoms with Gasteiger partial charge >= 0.3 is 0 Å². The van der Waals surface area contributed by atoms with Gasteiger partial charge < -0.3 is 5.73 Å². The first-order valence-corrected chi connectivity index (χ1v) is 7.68. The normalized spacial score (nSPS) is 11.3. The maximum absolute atomic E-state index is 12.4. The van der Waals surface area contributed by atoms with Crippen LogP contribution in [0.5, 0.6) is 0 Å². The van der Waals surface area contributed by atoms with Gasteiger partial charge in [-0.1, -0.05) is 12.1 Å². The zero-order valence-corrected chi connectivity index (χ0v) is 12.5. The highest BCUT2D eigenvalue weighted by Crippen LogP contribution is 2.27. The van der Waals surface area contributed by atoms with Crippen LogP contribution in [0.4, 0.5) is 11.4 Å². The summed E-state index contributed by atoms with van der Waals surface area (Å²) in [4.78, 5) is 4.05. The molecule has 0 aliphatic heterocycles. The number of nitrogen functional groups attached to an aromatic ring is 1. The van der Waals surface area contributed by atoms with Crippen LogP contribution < -0.4 is 10.5 Å². The van der Waals surface area contributed by atoms with E-state index in [4.69, 9.17) is 5.73 Å². The Kier molecular flexibility index (Phi) is 3.77. The van der Waals surface area contributed by atoms with Gasteiger partial charge in [0.2, 0.25) is 0 Å². The molecule has 1 aromatic heterocycles. The predicted molar refractivity (Wildman–Crippen MR) is 78.3 cm³/mol. The van der Waals surface area contributed by atoms with Gasteiger partial charge in [-0.2, -0.15) is 0 Å². The number of nitrogens with two attached hydrogens (primary N) is 1. The van der Waals surface area contributed by atoms with Crippen LogP contribution in [0.25, 0.3) is 0 Å². The molecule has 19 heavy (non-hydrogen) atoms. The van der Waals surface area contributed by atoms with Gasteiger partial charge in [0, 0.05) is 6.20 Å². The van der Waals surface area contributed by atoms with E-state index in [1.54, 1.807) is 43.5 Å². The minimum atomic E-state index is -3.74. The molecule has 0 bridgehead atoms. The minimum Gasteiger partial charge on any atom is -0.398 e. The molecule has 0 unspecified atom stereocenters.